The Labute approximate surface area is 151 Å². The molecule has 0 spiro atoms. The van der Waals surface area contributed by atoms with Gasteiger partial charge in [0.1, 0.15) is 11.3 Å². The second-order valence-corrected chi connectivity index (χ2v) is 6.60. The van der Waals surface area contributed by atoms with Crippen LogP contribution in [0, 0.1) is 0 Å². The van der Waals surface area contributed by atoms with Crippen molar-refractivity contribution in [2.75, 3.05) is 19.6 Å². The first kappa shape index (κ1) is 17.4. The Balaban J connectivity index is 1.60. The average Bonchev–Trinajstić information content (AvgIpc) is 3.31. The highest BCUT2D eigenvalue weighted by Gasteiger charge is 2.16. The van der Waals surface area contributed by atoms with Crippen LogP contribution in [-0.4, -0.2) is 35.4 Å². The van der Waals surface area contributed by atoms with Crippen molar-refractivity contribution < 1.29 is 9.21 Å². The second-order valence-electron chi connectivity index (χ2n) is 5.74. The zero-order valence-corrected chi connectivity index (χ0v) is 14.7. The normalized spacial score (nSPS) is 10.8. The molecule has 0 unspecified atom stereocenters. The monoisotopic (exact) mass is 355 g/mol. The van der Waals surface area contributed by atoms with Gasteiger partial charge in [-0.3, -0.25) is 4.79 Å². The maximum Gasteiger partial charge on any atom is 0.228 e. The van der Waals surface area contributed by atoms with E-state index >= 15 is 0 Å². The van der Waals surface area contributed by atoms with Crippen LogP contribution in [0.1, 0.15) is 11.3 Å². The van der Waals surface area contributed by atoms with Gasteiger partial charge < -0.3 is 15.1 Å². The molecule has 3 rings (SSSR count). The summed E-state index contributed by atoms with van der Waals surface area (Å²) < 4.78 is 5.08. The maximum atomic E-state index is 12.6. The average molecular weight is 355 g/mol. The lowest BCUT2D eigenvalue weighted by Gasteiger charge is -2.21. The number of nitrogens with two attached hydrogens (primary N) is 1. The highest BCUT2D eigenvalue weighted by Crippen LogP contribution is 2.24. The number of furan rings is 1. The minimum absolute atomic E-state index is 0.0606. The van der Waals surface area contributed by atoms with E-state index in [0.29, 0.717) is 26.1 Å². The summed E-state index contributed by atoms with van der Waals surface area (Å²) >= 11 is 1.52. The predicted octanol–water partition coefficient (Wildman–Crippen LogP) is 2.98. The van der Waals surface area contributed by atoms with Gasteiger partial charge in [-0.05, 0) is 18.1 Å². The largest absolute Gasteiger partial charge is 0.472 e. The lowest BCUT2D eigenvalue weighted by atomic mass is 10.1. The van der Waals surface area contributed by atoms with Crippen molar-refractivity contribution in [3.8, 4) is 10.6 Å². The molecule has 5 nitrogen and oxygen atoms in total. The number of carbonyl (C=O) groups excluding carboxylic acids is 1. The van der Waals surface area contributed by atoms with Crippen LogP contribution in [0.25, 0.3) is 10.6 Å². The molecule has 0 aliphatic carbocycles. The van der Waals surface area contributed by atoms with Crippen LogP contribution < -0.4 is 5.73 Å². The maximum absolute atomic E-state index is 12.6. The van der Waals surface area contributed by atoms with Gasteiger partial charge in [0, 0.05) is 30.6 Å². The molecule has 0 aliphatic heterocycles. The zero-order chi connectivity index (χ0) is 17.5. The van der Waals surface area contributed by atoms with Gasteiger partial charge in [0.05, 0.1) is 18.4 Å². The number of nitrogens with zero attached hydrogens (tertiary/aromatic N) is 2. The van der Waals surface area contributed by atoms with E-state index in [4.69, 9.17) is 10.2 Å². The van der Waals surface area contributed by atoms with Gasteiger partial charge in [-0.15, -0.1) is 11.3 Å². The molecule has 0 radical (unpaired) electrons. The smallest absolute Gasteiger partial charge is 0.228 e. The van der Waals surface area contributed by atoms with Gasteiger partial charge in [0.2, 0.25) is 5.91 Å². The Morgan fingerprint density at radius 1 is 1.20 bits per heavy atom. The van der Waals surface area contributed by atoms with Gasteiger partial charge >= 0.3 is 0 Å². The van der Waals surface area contributed by atoms with Gasteiger partial charge in [-0.25, -0.2) is 4.98 Å². The lowest BCUT2D eigenvalue weighted by molar-refractivity contribution is -0.130. The van der Waals surface area contributed by atoms with Crippen molar-refractivity contribution in [3.63, 3.8) is 0 Å². The molecular formula is C19H21N3O2S. The topological polar surface area (TPSA) is 72.4 Å². The van der Waals surface area contributed by atoms with Crippen LogP contribution in [0.4, 0.5) is 0 Å². The van der Waals surface area contributed by atoms with Crippen LogP contribution in [0.2, 0.25) is 0 Å². The molecule has 0 saturated heterocycles. The van der Waals surface area contributed by atoms with Crippen molar-refractivity contribution >= 4 is 17.2 Å². The molecule has 6 heteroatoms. The number of aromatic nitrogens is 1. The zero-order valence-electron chi connectivity index (χ0n) is 13.9. The van der Waals surface area contributed by atoms with Crippen LogP contribution in [-0.2, 0) is 17.6 Å². The molecule has 130 valence electrons. The summed E-state index contributed by atoms with van der Waals surface area (Å²) in [5.41, 5.74) is 8.62. The number of benzene rings is 1. The Morgan fingerprint density at radius 2 is 2.04 bits per heavy atom. The third-order valence-corrected chi connectivity index (χ3v) is 4.86. The predicted molar refractivity (Wildman–Crippen MR) is 99.3 cm³/mol. The summed E-state index contributed by atoms with van der Waals surface area (Å²) in [6.07, 6.45) is 4.40. The van der Waals surface area contributed by atoms with Gasteiger partial charge in [0.15, 0.2) is 0 Å². The quantitative estimate of drug-likeness (QED) is 0.674. The minimum atomic E-state index is 0.0606. The van der Waals surface area contributed by atoms with E-state index in [2.05, 4.69) is 17.1 Å². The lowest BCUT2D eigenvalue weighted by Crippen LogP contribution is -2.37. The van der Waals surface area contributed by atoms with E-state index in [1.165, 1.54) is 16.9 Å². The first-order chi connectivity index (χ1) is 12.3. The Bertz CT molecular complexity index is 784. The molecule has 2 heterocycles. The Kier molecular flexibility index (Phi) is 5.98. The molecular weight excluding hydrogens is 334 g/mol. The van der Waals surface area contributed by atoms with Crippen molar-refractivity contribution in [1.29, 1.82) is 0 Å². The molecule has 0 saturated carbocycles. The van der Waals surface area contributed by atoms with Gasteiger partial charge in [0.25, 0.3) is 0 Å². The molecule has 1 amide bonds. The van der Waals surface area contributed by atoms with E-state index in [1.807, 2.05) is 34.5 Å². The highest BCUT2D eigenvalue weighted by atomic mass is 32.1. The highest BCUT2D eigenvalue weighted by molar-refractivity contribution is 7.13. The first-order valence-electron chi connectivity index (χ1n) is 8.25. The number of amides is 1. The second kappa shape index (κ2) is 8.60. The Morgan fingerprint density at radius 3 is 2.76 bits per heavy atom. The van der Waals surface area contributed by atoms with Crippen molar-refractivity contribution in [2.45, 2.75) is 12.8 Å². The van der Waals surface area contributed by atoms with Crippen LogP contribution >= 0.6 is 11.3 Å². The van der Waals surface area contributed by atoms with E-state index in [-0.39, 0.29) is 5.91 Å². The third-order valence-electron chi connectivity index (χ3n) is 3.92. The number of hydrogen-bond acceptors (Lipinski definition) is 5. The standard InChI is InChI=1S/C19H21N3O2S/c20-8-10-22(9-6-15-4-2-1-3-5-15)18(23)12-17-14-25-19(21-17)16-7-11-24-13-16/h1-5,7,11,13-14H,6,8-10,12,20H2. The van der Waals surface area contributed by atoms with E-state index in [1.54, 1.807) is 12.5 Å². The minimum Gasteiger partial charge on any atom is -0.472 e. The van der Waals surface area contributed by atoms with Crippen LogP contribution in [0.5, 0.6) is 0 Å². The molecule has 2 aromatic heterocycles. The molecule has 2 N–H and O–H groups in total. The summed E-state index contributed by atoms with van der Waals surface area (Å²) in [5, 5.41) is 2.80. The number of rotatable bonds is 8. The molecule has 3 aromatic rings. The Hall–Kier alpha value is -2.44. The molecule has 1 aromatic carbocycles. The molecule has 0 atom stereocenters. The van der Waals surface area contributed by atoms with E-state index in [0.717, 1.165) is 22.7 Å². The number of thiazole rings is 1. The van der Waals surface area contributed by atoms with Gasteiger partial charge in [-0.2, -0.15) is 0 Å². The fourth-order valence-corrected chi connectivity index (χ4v) is 3.41. The fraction of sp³-hybridized carbons (Fsp3) is 0.263. The van der Waals surface area contributed by atoms with E-state index in [9.17, 15) is 4.79 Å². The number of hydrogen-bond donors (Lipinski definition) is 1. The molecule has 0 aliphatic rings. The summed E-state index contributed by atoms with van der Waals surface area (Å²) in [7, 11) is 0. The molecule has 0 bridgehead atoms. The molecule has 25 heavy (non-hydrogen) atoms. The van der Waals surface area contributed by atoms with Crippen molar-refractivity contribution in [3.05, 3.63) is 65.6 Å². The van der Waals surface area contributed by atoms with Crippen molar-refractivity contribution in [2.24, 2.45) is 5.73 Å². The van der Waals surface area contributed by atoms with E-state index < -0.39 is 0 Å². The number of carbonyl (C=O) groups is 1. The fourth-order valence-electron chi connectivity index (χ4n) is 2.60. The van der Waals surface area contributed by atoms with Crippen molar-refractivity contribution in [1.82, 2.24) is 9.88 Å². The molecule has 0 fully saturated rings. The third kappa shape index (κ3) is 4.78. The summed E-state index contributed by atoms with van der Waals surface area (Å²) in [6.45, 7) is 1.68. The van der Waals surface area contributed by atoms with Crippen LogP contribution in [0.3, 0.4) is 0 Å². The summed E-state index contributed by atoms with van der Waals surface area (Å²) in [5.74, 6) is 0.0606. The SMILES string of the molecule is NCCN(CCc1ccccc1)C(=O)Cc1csc(-c2ccoc2)n1. The summed E-state index contributed by atoms with van der Waals surface area (Å²) in [4.78, 5) is 19.0. The van der Waals surface area contributed by atoms with Gasteiger partial charge in [-0.1, -0.05) is 30.3 Å². The van der Waals surface area contributed by atoms with Crippen LogP contribution in [0.15, 0.2) is 58.7 Å². The first-order valence-corrected chi connectivity index (χ1v) is 9.13. The summed E-state index contributed by atoms with van der Waals surface area (Å²) in [6, 6.07) is 12.0.